The van der Waals surface area contributed by atoms with Crippen LogP contribution in [0.15, 0.2) is 72.8 Å². The summed E-state index contributed by atoms with van der Waals surface area (Å²) in [7, 11) is 1.71. The minimum Gasteiger partial charge on any atom is -0.449 e. The lowest BCUT2D eigenvalue weighted by molar-refractivity contribution is -0.139. The van der Waals surface area contributed by atoms with Crippen molar-refractivity contribution in [1.29, 1.82) is 0 Å². The molecule has 0 unspecified atom stereocenters. The summed E-state index contributed by atoms with van der Waals surface area (Å²) in [5.74, 6) is -0.724. The quantitative estimate of drug-likeness (QED) is 0.654. The van der Waals surface area contributed by atoms with Gasteiger partial charge >= 0.3 is 5.97 Å². The molecule has 26 heavy (non-hydrogen) atoms. The van der Waals surface area contributed by atoms with Crippen molar-refractivity contribution in [3.63, 3.8) is 0 Å². The summed E-state index contributed by atoms with van der Waals surface area (Å²) in [4.78, 5) is 26.7. The van der Waals surface area contributed by atoms with E-state index in [4.69, 9.17) is 4.74 Å². The summed E-state index contributed by atoms with van der Waals surface area (Å²) < 4.78 is 5.44. The summed E-state index contributed by atoms with van der Waals surface area (Å²) in [6.45, 7) is 2.07. The van der Waals surface area contributed by atoms with Gasteiger partial charge in [0.05, 0.1) is 5.56 Å². The van der Waals surface area contributed by atoms with Crippen LogP contribution < -0.4 is 0 Å². The van der Waals surface area contributed by atoms with Crippen molar-refractivity contribution in [2.75, 3.05) is 7.05 Å². The van der Waals surface area contributed by atoms with Crippen LogP contribution in [-0.4, -0.2) is 29.9 Å². The zero-order valence-electron chi connectivity index (χ0n) is 14.9. The van der Waals surface area contributed by atoms with Crippen LogP contribution in [0.1, 0.15) is 22.8 Å². The van der Waals surface area contributed by atoms with Gasteiger partial charge in [0, 0.05) is 13.6 Å². The van der Waals surface area contributed by atoms with E-state index in [1.54, 1.807) is 24.9 Å². The molecule has 4 heteroatoms. The monoisotopic (exact) mass is 347 g/mol. The molecule has 0 aromatic heterocycles. The van der Waals surface area contributed by atoms with Crippen LogP contribution in [0, 0.1) is 0 Å². The first-order valence-corrected chi connectivity index (χ1v) is 8.54. The van der Waals surface area contributed by atoms with E-state index >= 15 is 0 Å². The van der Waals surface area contributed by atoms with E-state index in [1.807, 2.05) is 66.7 Å². The third kappa shape index (κ3) is 3.91. The highest BCUT2D eigenvalue weighted by Gasteiger charge is 2.23. The Morgan fingerprint density at radius 1 is 0.923 bits per heavy atom. The molecule has 3 aromatic rings. The van der Waals surface area contributed by atoms with Crippen LogP contribution >= 0.6 is 0 Å². The lowest BCUT2D eigenvalue weighted by Crippen LogP contribution is -2.37. The Labute approximate surface area is 153 Å². The molecular weight excluding hydrogens is 326 g/mol. The molecule has 0 spiro atoms. The average molecular weight is 347 g/mol. The van der Waals surface area contributed by atoms with Crippen molar-refractivity contribution in [3.8, 4) is 0 Å². The van der Waals surface area contributed by atoms with Crippen molar-refractivity contribution < 1.29 is 14.3 Å². The maximum atomic E-state index is 12.6. The molecule has 0 aliphatic rings. The molecule has 0 saturated carbocycles. The smallest absolute Gasteiger partial charge is 0.339 e. The first kappa shape index (κ1) is 17.7. The number of carbonyl (C=O) groups excluding carboxylic acids is 2. The summed E-state index contributed by atoms with van der Waals surface area (Å²) in [5, 5.41) is 1.78. The Kier molecular flexibility index (Phi) is 5.32. The number of amides is 1. The standard InChI is InChI=1S/C22H21NO3/c1-16(21(24)23(2)15-17-9-4-3-5-10-17)26-22(25)20-14-8-12-18-11-6-7-13-19(18)20/h3-14,16H,15H2,1-2H3/t16-/m1/s1. The topological polar surface area (TPSA) is 46.6 Å². The van der Waals surface area contributed by atoms with Gasteiger partial charge in [0.25, 0.3) is 5.91 Å². The predicted molar refractivity (Wildman–Crippen MR) is 102 cm³/mol. The van der Waals surface area contributed by atoms with E-state index in [0.29, 0.717) is 12.1 Å². The van der Waals surface area contributed by atoms with Crippen LogP contribution in [0.2, 0.25) is 0 Å². The molecule has 4 nitrogen and oxygen atoms in total. The number of fused-ring (bicyclic) bond motifs is 1. The second-order valence-corrected chi connectivity index (χ2v) is 6.25. The fourth-order valence-electron chi connectivity index (χ4n) is 2.92. The number of rotatable bonds is 5. The molecule has 0 N–H and O–H groups in total. The van der Waals surface area contributed by atoms with E-state index in [1.165, 1.54) is 0 Å². The van der Waals surface area contributed by atoms with Gasteiger partial charge in [0.2, 0.25) is 0 Å². The van der Waals surface area contributed by atoms with Crippen LogP contribution in [-0.2, 0) is 16.1 Å². The van der Waals surface area contributed by atoms with Gasteiger partial charge in [-0.05, 0) is 29.3 Å². The highest BCUT2D eigenvalue weighted by molar-refractivity contribution is 6.05. The van der Waals surface area contributed by atoms with Gasteiger partial charge in [-0.25, -0.2) is 4.79 Å². The van der Waals surface area contributed by atoms with Gasteiger partial charge in [-0.3, -0.25) is 4.79 Å². The number of hydrogen-bond donors (Lipinski definition) is 0. The number of likely N-dealkylation sites (N-methyl/N-ethyl adjacent to an activating group) is 1. The van der Waals surface area contributed by atoms with Crippen molar-refractivity contribution in [2.24, 2.45) is 0 Å². The fourth-order valence-corrected chi connectivity index (χ4v) is 2.92. The van der Waals surface area contributed by atoms with E-state index in [9.17, 15) is 9.59 Å². The predicted octanol–water partition coefficient (Wildman–Crippen LogP) is 4.04. The number of nitrogens with zero attached hydrogens (tertiary/aromatic N) is 1. The summed E-state index contributed by atoms with van der Waals surface area (Å²) >= 11 is 0. The van der Waals surface area contributed by atoms with Gasteiger partial charge < -0.3 is 9.64 Å². The van der Waals surface area contributed by atoms with Crippen LogP contribution in [0.25, 0.3) is 10.8 Å². The van der Waals surface area contributed by atoms with E-state index in [-0.39, 0.29) is 5.91 Å². The SMILES string of the molecule is C[C@@H](OC(=O)c1cccc2ccccc12)C(=O)N(C)Cc1ccccc1. The average Bonchev–Trinajstić information content (AvgIpc) is 2.67. The summed E-state index contributed by atoms with van der Waals surface area (Å²) in [6, 6.07) is 22.8. The zero-order chi connectivity index (χ0) is 18.5. The Hall–Kier alpha value is -3.14. The summed E-state index contributed by atoms with van der Waals surface area (Å²) in [5.41, 5.74) is 1.49. The highest BCUT2D eigenvalue weighted by Crippen LogP contribution is 2.20. The minimum atomic E-state index is -0.852. The van der Waals surface area contributed by atoms with E-state index in [0.717, 1.165) is 16.3 Å². The lowest BCUT2D eigenvalue weighted by atomic mass is 10.0. The number of carbonyl (C=O) groups is 2. The molecule has 0 aliphatic heterocycles. The molecular formula is C22H21NO3. The second-order valence-electron chi connectivity index (χ2n) is 6.25. The first-order valence-electron chi connectivity index (χ1n) is 8.54. The Balaban J connectivity index is 1.69. The normalized spacial score (nSPS) is 11.8. The maximum Gasteiger partial charge on any atom is 0.339 e. The van der Waals surface area contributed by atoms with Crippen molar-refractivity contribution in [1.82, 2.24) is 4.90 Å². The third-order valence-electron chi connectivity index (χ3n) is 4.28. The van der Waals surface area contributed by atoms with Gasteiger partial charge in [-0.15, -0.1) is 0 Å². The molecule has 0 saturated heterocycles. The Morgan fingerprint density at radius 2 is 1.58 bits per heavy atom. The Bertz CT molecular complexity index is 916. The molecule has 0 bridgehead atoms. The zero-order valence-corrected chi connectivity index (χ0v) is 14.9. The molecule has 0 radical (unpaired) electrons. The molecule has 3 rings (SSSR count). The van der Waals surface area contributed by atoms with Gasteiger partial charge in [0.1, 0.15) is 0 Å². The van der Waals surface area contributed by atoms with Gasteiger partial charge in [-0.2, -0.15) is 0 Å². The van der Waals surface area contributed by atoms with Gasteiger partial charge in [0.15, 0.2) is 6.10 Å². The highest BCUT2D eigenvalue weighted by atomic mass is 16.5. The molecule has 132 valence electrons. The lowest BCUT2D eigenvalue weighted by Gasteiger charge is -2.21. The number of benzene rings is 3. The van der Waals surface area contributed by atoms with Crippen molar-refractivity contribution >= 4 is 22.6 Å². The third-order valence-corrected chi connectivity index (χ3v) is 4.28. The Morgan fingerprint density at radius 3 is 2.35 bits per heavy atom. The second kappa shape index (κ2) is 7.83. The van der Waals surface area contributed by atoms with Crippen LogP contribution in [0.5, 0.6) is 0 Å². The van der Waals surface area contributed by atoms with Gasteiger partial charge in [-0.1, -0.05) is 66.7 Å². The summed E-state index contributed by atoms with van der Waals surface area (Å²) in [6.07, 6.45) is -0.852. The number of ether oxygens (including phenoxy) is 1. The largest absolute Gasteiger partial charge is 0.449 e. The van der Waals surface area contributed by atoms with E-state index in [2.05, 4.69) is 0 Å². The molecule has 0 aliphatic carbocycles. The molecule has 3 aromatic carbocycles. The van der Waals surface area contributed by atoms with Crippen LogP contribution in [0.4, 0.5) is 0 Å². The molecule has 0 heterocycles. The number of esters is 1. The first-order chi connectivity index (χ1) is 12.6. The minimum absolute atomic E-state index is 0.234. The molecule has 1 atom stereocenters. The van der Waals surface area contributed by atoms with Crippen LogP contribution in [0.3, 0.4) is 0 Å². The molecule has 1 amide bonds. The number of hydrogen-bond acceptors (Lipinski definition) is 3. The van der Waals surface area contributed by atoms with Crippen molar-refractivity contribution in [3.05, 3.63) is 83.9 Å². The molecule has 0 fully saturated rings. The maximum absolute atomic E-state index is 12.6. The van der Waals surface area contributed by atoms with Crippen molar-refractivity contribution in [2.45, 2.75) is 19.6 Å². The fraction of sp³-hybridized carbons (Fsp3) is 0.182. The van der Waals surface area contributed by atoms with E-state index < -0.39 is 12.1 Å².